The fourth-order valence-corrected chi connectivity index (χ4v) is 4.91. The summed E-state index contributed by atoms with van der Waals surface area (Å²) in [6.45, 7) is 1.40. The molecule has 4 rings (SSSR count). The summed E-state index contributed by atoms with van der Waals surface area (Å²) < 4.78 is 46.7. The maximum absolute atomic E-state index is 13.2. The molecule has 196 valence electrons. The van der Waals surface area contributed by atoms with Crippen LogP contribution >= 0.6 is 0 Å². The Morgan fingerprint density at radius 1 is 0.973 bits per heavy atom. The number of nitrogens with one attached hydrogen (secondary N) is 1. The second-order valence-corrected chi connectivity index (χ2v) is 10.0. The Kier molecular flexibility index (Phi) is 8.52. The molecule has 0 aliphatic carbocycles. The van der Waals surface area contributed by atoms with Crippen LogP contribution < -0.4 is 19.0 Å². The molecule has 0 saturated carbocycles. The van der Waals surface area contributed by atoms with Crippen LogP contribution in [0.5, 0.6) is 17.2 Å². The van der Waals surface area contributed by atoms with Gasteiger partial charge in [0.15, 0.2) is 0 Å². The highest BCUT2D eigenvalue weighted by molar-refractivity contribution is 7.87. The normalized spacial score (nSPS) is 15.1. The Labute approximate surface area is 217 Å². The van der Waals surface area contributed by atoms with Crippen molar-refractivity contribution in [2.45, 2.75) is 30.4 Å². The van der Waals surface area contributed by atoms with Gasteiger partial charge in [0.2, 0.25) is 0 Å². The predicted molar refractivity (Wildman–Crippen MR) is 139 cm³/mol. The number of rotatable bonds is 10. The zero-order valence-corrected chi connectivity index (χ0v) is 21.6. The second-order valence-electron chi connectivity index (χ2n) is 8.50. The van der Waals surface area contributed by atoms with Gasteiger partial charge in [0.1, 0.15) is 22.1 Å². The van der Waals surface area contributed by atoms with E-state index in [1.807, 2.05) is 12.1 Å². The molecule has 1 saturated heterocycles. The van der Waals surface area contributed by atoms with Crippen LogP contribution in [-0.2, 0) is 21.4 Å². The molecule has 1 aliphatic heterocycles. The van der Waals surface area contributed by atoms with Gasteiger partial charge in [-0.1, -0.05) is 24.3 Å². The molecular weight excluding hydrogens is 496 g/mol. The fourth-order valence-electron chi connectivity index (χ4n) is 3.98. The first-order valence-corrected chi connectivity index (χ1v) is 13.3. The van der Waals surface area contributed by atoms with E-state index >= 15 is 0 Å². The van der Waals surface area contributed by atoms with Crippen LogP contribution in [0, 0.1) is 0 Å². The third-order valence-electron chi connectivity index (χ3n) is 5.93. The highest BCUT2D eigenvalue weighted by Gasteiger charge is 2.24. The predicted octanol–water partition coefficient (Wildman–Crippen LogP) is 4.68. The Morgan fingerprint density at radius 3 is 2.32 bits per heavy atom. The molecule has 3 aromatic rings. The molecule has 1 atom stereocenters. The van der Waals surface area contributed by atoms with Crippen LogP contribution in [0.4, 0.5) is 10.5 Å². The molecule has 9 nitrogen and oxygen atoms in total. The standard InChI is InChI=1S/C27H30N2O7S/c1-33-21-13-15-24(16-14-21)37(31,32)36-22-11-9-20(10-12-22)18-29(19-23-6-5-17-35-23)27(30)28-25-7-3-4-8-26(25)34-2/h3-4,7-16,23H,5-6,17-19H2,1-2H3,(H,28,30)/t23-/m1/s1. The van der Waals surface area contributed by atoms with Gasteiger partial charge in [0, 0.05) is 19.7 Å². The van der Waals surface area contributed by atoms with Crippen molar-refractivity contribution >= 4 is 21.8 Å². The molecule has 10 heteroatoms. The van der Waals surface area contributed by atoms with Crippen molar-refractivity contribution in [3.05, 3.63) is 78.4 Å². The topological polar surface area (TPSA) is 103 Å². The van der Waals surface area contributed by atoms with Crippen LogP contribution in [0.2, 0.25) is 0 Å². The van der Waals surface area contributed by atoms with E-state index in [1.165, 1.54) is 19.2 Å². The first-order chi connectivity index (χ1) is 17.9. The van der Waals surface area contributed by atoms with Crippen molar-refractivity contribution < 1.29 is 31.6 Å². The molecule has 1 heterocycles. The lowest BCUT2D eigenvalue weighted by atomic mass is 10.2. The molecule has 2 amide bonds. The molecule has 0 aromatic heterocycles. The summed E-state index contributed by atoms with van der Waals surface area (Å²) in [4.78, 5) is 14.9. The van der Waals surface area contributed by atoms with E-state index in [-0.39, 0.29) is 22.8 Å². The van der Waals surface area contributed by atoms with Gasteiger partial charge in [-0.25, -0.2) is 4.79 Å². The van der Waals surface area contributed by atoms with Crippen LogP contribution in [0.3, 0.4) is 0 Å². The summed E-state index contributed by atoms with van der Waals surface area (Å²) in [5.41, 5.74) is 1.38. The minimum absolute atomic E-state index is 0.0214. The van der Waals surface area contributed by atoms with E-state index in [9.17, 15) is 13.2 Å². The van der Waals surface area contributed by atoms with E-state index < -0.39 is 10.1 Å². The van der Waals surface area contributed by atoms with Gasteiger partial charge >= 0.3 is 16.1 Å². The lowest BCUT2D eigenvalue weighted by Crippen LogP contribution is -2.39. The van der Waals surface area contributed by atoms with Gasteiger partial charge in [-0.05, 0) is 66.9 Å². The van der Waals surface area contributed by atoms with Crippen LogP contribution in [0.25, 0.3) is 0 Å². The van der Waals surface area contributed by atoms with Gasteiger partial charge in [-0.15, -0.1) is 0 Å². The van der Waals surface area contributed by atoms with E-state index in [0.717, 1.165) is 18.4 Å². The molecule has 3 aromatic carbocycles. The lowest BCUT2D eigenvalue weighted by molar-refractivity contribution is 0.0819. The van der Waals surface area contributed by atoms with Crippen molar-refractivity contribution in [2.24, 2.45) is 0 Å². The van der Waals surface area contributed by atoms with E-state index in [0.29, 0.717) is 36.9 Å². The smallest absolute Gasteiger partial charge is 0.339 e. The highest BCUT2D eigenvalue weighted by atomic mass is 32.2. The Balaban J connectivity index is 1.46. The summed E-state index contributed by atoms with van der Waals surface area (Å²) in [5, 5.41) is 2.92. The maximum Gasteiger partial charge on any atom is 0.339 e. The van der Waals surface area contributed by atoms with Crippen molar-refractivity contribution in [1.29, 1.82) is 0 Å². The molecule has 1 fully saturated rings. The molecular formula is C27H30N2O7S. The van der Waals surface area contributed by atoms with E-state index in [1.54, 1.807) is 60.5 Å². The zero-order chi connectivity index (χ0) is 26.3. The van der Waals surface area contributed by atoms with Crippen molar-refractivity contribution in [3.63, 3.8) is 0 Å². The van der Waals surface area contributed by atoms with Gasteiger partial charge in [-0.2, -0.15) is 8.42 Å². The zero-order valence-electron chi connectivity index (χ0n) is 20.8. The summed E-state index contributed by atoms with van der Waals surface area (Å²) in [6.07, 6.45) is 1.80. The molecule has 0 unspecified atom stereocenters. The third-order valence-corrected chi connectivity index (χ3v) is 7.20. The minimum Gasteiger partial charge on any atom is -0.497 e. The third kappa shape index (κ3) is 6.93. The summed E-state index contributed by atoms with van der Waals surface area (Å²) in [5.74, 6) is 1.28. The second kappa shape index (κ2) is 12.0. The first-order valence-electron chi connectivity index (χ1n) is 11.9. The maximum atomic E-state index is 13.2. The molecule has 37 heavy (non-hydrogen) atoms. The van der Waals surface area contributed by atoms with E-state index in [2.05, 4.69) is 5.32 Å². The SMILES string of the molecule is COc1ccc(S(=O)(=O)Oc2ccc(CN(C[C@H]3CCCO3)C(=O)Nc3ccccc3OC)cc2)cc1. The molecule has 0 spiro atoms. The van der Waals surface area contributed by atoms with Crippen LogP contribution in [0.15, 0.2) is 77.7 Å². The number of benzene rings is 3. The number of methoxy groups -OCH3 is 2. The first kappa shape index (κ1) is 26.3. The number of carbonyl (C=O) groups is 1. The molecule has 0 radical (unpaired) electrons. The number of amides is 2. The van der Waals surface area contributed by atoms with Gasteiger partial charge in [0.25, 0.3) is 0 Å². The van der Waals surface area contributed by atoms with Crippen molar-refractivity contribution in [2.75, 3.05) is 32.7 Å². The largest absolute Gasteiger partial charge is 0.497 e. The summed E-state index contributed by atoms with van der Waals surface area (Å²) in [7, 11) is -0.948. The Bertz CT molecular complexity index is 1290. The van der Waals surface area contributed by atoms with E-state index in [4.69, 9.17) is 18.4 Å². The number of para-hydroxylation sites is 2. The Hall–Kier alpha value is -3.76. The highest BCUT2D eigenvalue weighted by Crippen LogP contribution is 2.25. The Morgan fingerprint density at radius 2 is 1.68 bits per heavy atom. The fraction of sp³-hybridized carbons (Fsp3) is 0.296. The average Bonchev–Trinajstić information content (AvgIpc) is 3.43. The summed E-state index contributed by atoms with van der Waals surface area (Å²) in [6, 6.07) is 19.5. The number of carbonyl (C=O) groups excluding carboxylic acids is 1. The molecule has 1 aliphatic rings. The molecule has 0 bridgehead atoms. The average molecular weight is 527 g/mol. The van der Waals surface area contributed by atoms with Crippen LogP contribution in [0.1, 0.15) is 18.4 Å². The monoisotopic (exact) mass is 526 g/mol. The van der Waals surface area contributed by atoms with Gasteiger partial charge in [-0.3, -0.25) is 0 Å². The lowest BCUT2D eigenvalue weighted by Gasteiger charge is -2.26. The van der Waals surface area contributed by atoms with Crippen LogP contribution in [-0.4, -0.2) is 52.8 Å². The summed E-state index contributed by atoms with van der Waals surface area (Å²) >= 11 is 0. The van der Waals surface area contributed by atoms with Gasteiger partial charge < -0.3 is 28.6 Å². The number of hydrogen-bond acceptors (Lipinski definition) is 7. The number of anilines is 1. The number of nitrogens with zero attached hydrogens (tertiary/aromatic N) is 1. The number of urea groups is 1. The van der Waals surface area contributed by atoms with Crippen molar-refractivity contribution in [3.8, 4) is 17.2 Å². The quantitative estimate of drug-likeness (QED) is 0.383. The number of ether oxygens (including phenoxy) is 3. The number of hydrogen-bond donors (Lipinski definition) is 1. The minimum atomic E-state index is -4.00. The molecule has 1 N–H and O–H groups in total. The van der Waals surface area contributed by atoms with Crippen molar-refractivity contribution in [1.82, 2.24) is 4.90 Å². The van der Waals surface area contributed by atoms with Gasteiger partial charge in [0.05, 0.1) is 26.0 Å².